The van der Waals surface area contributed by atoms with Crippen molar-refractivity contribution in [3.63, 3.8) is 0 Å². The summed E-state index contributed by atoms with van der Waals surface area (Å²) >= 11 is 0. The number of aryl methyl sites for hydroxylation is 1. The second-order valence-electron chi connectivity index (χ2n) is 5.89. The molecule has 0 aliphatic heterocycles. The number of fused-ring (bicyclic) bond motifs is 1. The zero-order chi connectivity index (χ0) is 17.5. The van der Waals surface area contributed by atoms with Crippen molar-refractivity contribution < 1.29 is 14.6 Å². The zero-order valence-corrected chi connectivity index (χ0v) is 14.0. The van der Waals surface area contributed by atoms with Crippen molar-refractivity contribution >= 4 is 23.1 Å². The number of carbonyl (C=O) groups excluding carboxylic acids is 1. The van der Waals surface area contributed by atoms with Crippen LogP contribution in [0.15, 0.2) is 23.0 Å². The number of benzene rings is 1. The minimum Gasteiger partial charge on any atom is -0.504 e. The van der Waals surface area contributed by atoms with Crippen molar-refractivity contribution in [1.29, 1.82) is 0 Å². The van der Waals surface area contributed by atoms with Gasteiger partial charge in [-0.1, -0.05) is 39.0 Å². The van der Waals surface area contributed by atoms with Crippen LogP contribution in [0.3, 0.4) is 0 Å². The lowest BCUT2D eigenvalue weighted by molar-refractivity contribution is -0.120. The van der Waals surface area contributed by atoms with Gasteiger partial charge in [-0.3, -0.25) is 9.59 Å². The van der Waals surface area contributed by atoms with Crippen LogP contribution in [-0.4, -0.2) is 16.1 Å². The fraction of sp³-hybridized carbons (Fsp3) is 0.444. The summed E-state index contributed by atoms with van der Waals surface area (Å²) < 4.78 is 6.23. The third-order valence-electron chi connectivity index (χ3n) is 4.12. The van der Waals surface area contributed by atoms with Crippen molar-refractivity contribution in [3.8, 4) is 11.5 Å². The van der Waals surface area contributed by atoms with Crippen LogP contribution in [0.1, 0.15) is 45.4 Å². The van der Waals surface area contributed by atoms with Gasteiger partial charge in [0.05, 0.1) is 5.52 Å². The summed E-state index contributed by atoms with van der Waals surface area (Å²) in [6.07, 6.45) is 6.57. The average molecular weight is 332 g/mol. The quantitative estimate of drug-likeness (QED) is 0.418. The lowest BCUT2D eigenvalue weighted by Gasteiger charge is -2.14. The molecule has 0 radical (unpaired) electrons. The minimum absolute atomic E-state index is 0.147. The Balaban J connectivity index is 2.33. The van der Waals surface area contributed by atoms with Gasteiger partial charge >= 0.3 is 0 Å². The Kier molecular flexibility index (Phi) is 6.23. The van der Waals surface area contributed by atoms with Crippen LogP contribution in [0.4, 0.5) is 5.69 Å². The smallest absolute Gasteiger partial charge is 0.298 e. The number of hydrogen-bond donors (Lipinski definition) is 2. The molecular formula is C18H24N2O4. The number of nitrogens with two attached hydrogens (primary N) is 1. The molecule has 1 heterocycles. The number of anilines is 1. The van der Waals surface area contributed by atoms with E-state index in [1.54, 1.807) is 18.2 Å². The summed E-state index contributed by atoms with van der Waals surface area (Å²) in [6, 6.07) is 4.90. The van der Waals surface area contributed by atoms with Gasteiger partial charge in [0, 0.05) is 17.6 Å². The number of carbonyl (C=O) groups is 1. The number of hydrogen-bond acceptors (Lipinski definition) is 5. The Morgan fingerprint density at radius 3 is 2.62 bits per heavy atom. The predicted molar refractivity (Wildman–Crippen MR) is 94.4 cm³/mol. The SMILES string of the molecule is CCCCCCCCn1c(=O)c(OC=O)c(O)c2ccc(N)cc21. The molecule has 0 aliphatic carbocycles. The molecule has 0 spiro atoms. The molecule has 0 saturated carbocycles. The molecule has 1 aromatic heterocycles. The van der Waals surface area contributed by atoms with Crippen molar-refractivity contribution in [3.05, 3.63) is 28.6 Å². The van der Waals surface area contributed by atoms with Gasteiger partial charge in [0.2, 0.25) is 5.75 Å². The molecule has 0 amide bonds. The molecule has 0 saturated heterocycles. The van der Waals surface area contributed by atoms with E-state index >= 15 is 0 Å². The highest BCUT2D eigenvalue weighted by Crippen LogP contribution is 2.32. The van der Waals surface area contributed by atoms with E-state index in [9.17, 15) is 14.7 Å². The maximum Gasteiger partial charge on any atom is 0.298 e. The van der Waals surface area contributed by atoms with Crippen LogP contribution in [0.5, 0.6) is 11.5 Å². The molecule has 130 valence electrons. The maximum absolute atomic E-state index is 12.5. The normalized spacial score (nSPS) is 10.9. The van der Waals surface area contributed by atoms with E-state index in [1.807, 2.05) is 0 Å². The topological polar surface area (TPSA) is 94.5 Å². The van der Waals surface area contributed by atoms with E-state index in [0.717, 1.165) is 19.3 Å². The molecule has 3 N–H and O–H groups in total. The second-order valence-corrected chi connectivity index (χ2v) is 5.89. The molecule has 2 rings (SSSR count). The van der Waals surface area contributed by atoms with Gasteiger partial charge in [0.15, 0.2) is 5.75 Å². The van der Waals surface area contributed by atoms with Gasteiger partial charge in [0.1, 0.15) is 0 Å². The molecule has 0 bridgehead atoms. The van der Waals surface area contributed by atoms with Gasteiger partial charge in [-0.15, -0.1) is 0 Å². The molecule has 0 fully saturated rings. The van der Waals surface area contributed by atoms with Crippen molar-refractivity contribution in [2.24, 2.45) is 0 Å². The second kappa shape index (κ2) is 8.38. The predicted octanol–water partition coefficient (Wildman–Crippen LogP) is 3.19. The Morgan fingerprint density at radius 1 is 1.21 bits per heavy atom. The van der Waals surface area contributed by atoms with E-state index in [1.165, 1.54) is 23.8 Å². The zero-order valence-electron chi connectivity index (χ0n) is 14.0. The van der Waals surface area contributed by atoms with Crippen molar-refractivity contribution in [2.75, 3.05) is 5.73 Å². The van der Waals surface area contributed by atoms with Crippen LogP contribution < -0.4 is 16.0 Å². The summed E-state index contributed by atoms with van der Waals surface area (Å²) in [5, 5.41) is 10.6. The monoisotopic (exact) mass is 332 g/mol. The Hall–Kier alpha value is -2.50. The van der Waals surface area contributed by atoms with Gasteiger partial charge in [-0.25, -0.2) is 0 Å². The van der Waals surface area contributed by atoms with Crippen molar-refractivity contribution in [2.45, 2.75) is 52.0 Å². The van der Waals surface area contributed by atoms with Gasteiger partial charge in [-0.05, 0) is 24.6 Å². The van der Waals surface area contributed by atoms with Crippen LogP contribution in [0.2, 0.25) is 0 Å². The highest BCUT2D eigenvalue weighted by Gasteiger charge is 2.17. The van der Waals surface area contributed by atoms with Gasteiger partial charge in [0.25, 0.3) is 12.0 Å². The summed E-state index contributed by atoms with van der Waals surface area (Å²) in [7, 11) is 0. The Labute approximate surface area is 140 Å². The van der Waals surface area contributed by atoms with Crippen molar-refractivity contribution in [1.82, 2.24) is 4.57 Å². The number of ether oxygens (including phenoxy) is 1. The van der Waals surface area contributed by atoms with E-state index in [4.69, 9.17) is 10.5 Å². The summed E-state index contributed by atoms with van der Waals surface area (Å²) in [4.78, 5) is 23.2. The molecule has 0 unspecified atom stereocenters. The van der Waals surface area contributed by atoms with Crippen LogP contribution in [0.25, 0.3) is 10.9 Å². The molecule has 0 atom stereocenters. The Bertz CT molecular complexity index is 768. The van der Waals surface area contributed by atoms with Crippen LogP contribution in [-0.2, 0) is 11.3 Å². The minimum atomic E-state index is -0.522. The van der Waals surface area contributed by atoms with Gasteiger partial charge < -0.3 is 20.1 Å². The number of pyridine rings is 1. The third-order valence-corrected chi connectivity index (χ3v) is 4.12. The molecule has 6 nitrogen and oxygen atoms in total. The number of aromatic hydroxyl groups is 1. The fourth-order valence-electron chi connectivity index (χ4n) is 2.85. The van der Waals surface area contributed by atoms with Crippen LogP contribution in [0, 0.1) is 0 Å². The first-order chi connectivity index (χ1) is 11.6. The fourth-order valence-corrected chi connectivity index (χ4v) is 2.85. The summed E-state index contributed by atoms with van der Waals surface area (Å²) in [5.74, 6) is -0.672. The Morgan fingerprint density at radius 2 is 1.92 bits per heavy atom. The van der Waals surface area contributed by atoms with E-state index < -0.39 is 5.56 Å². The maximum atomic E-state index is 12.5. The lowest BCUT2D eigenvalue weighted by atomic mass is 10.1. The number of unbranched alkanes of at least 4 members (excludes halogenated alkanes) is 5. The summed E-state index contributed by atoms with van der Waals surface area (Å²) in [5.41, 5.74) is 6.34. The lowest BCUT2D eigenvalue weighted by Crippen LogP contribution is -2.22. The average Bonchev–Trinajstić information content (AvgIpc) is 2.57. The van der Waals surface area contributed by atoms with Gasteiger partial charge in [-0.2, -0.15) is 0 Å². The molecule has 24 heavy (non-hydrogen) atoms. The highest BCUT2D eigenvalue weighted by molar-refractivity contribution is 5.90. The van der Waals surface area contributed by atoms with Crippen LogP contribution >= 0.6 is 0 Å². The largest absolute Gasteiger partial charge is 0.504 e. The summed E-state index contributed by atoms with van der Waals surface area (Å²) in [6.45, 7) is 2.80. The molecular weight excluding hydrogens is 308 g/mol. The first-order valence-corrected chi connectivity index (χ1v) is 8.35. The first-order valence-electron chi connectivity index (χ1n) is 8.35. The molecule has 0 aliphatic rings. The van der Waals surface area contributed by atoms with E-state index in [2.05, 4.69) is 6.92 Å². The number of rotatable bonds is 9. The number of nitrogens with zero attached hydrogens (tertiary/aromatic N) is 1. The van der Waals surface area contributed by atoms with E-state index in [0.29, 0.717) is 23.1 Å². The third kappa shape index (κ3) is 3.88. The number of aromatic nitrogens is 1. The van der Waals surface area contributed by atoms with E-state index in [-0.39, 0.29) is 18.0 Å². The first kappa shape index (κ1) is 17.8. The standard InChI is InChI=1S/C18H24N2O4/c1-2-3-4-5-6-7-10-20-15-11-13(19)8-9-14(15)16(22)17(18(20)23)24-12-21/h8-9,11-12,22H,2-7,10,19H2,1H3. The highest BCUT2D eigenvalue weighted by atomic mass is 16.5. The molecule has 2 aromatic rings. The molecule has 1 aromatic carbocycles. The number of nitrogen functional groups attached to an aromatic ring is 1. The molecule has 6 heteroatoms.